The third-order valence-corrected chi connectivity index (χ3v) is 9.80. The Morgan fingerprint density at radius 3 is 2.47 bits per heavy atom. The highest BCUT2D eigenvalue weighted by Gasteiger charge is 2.24. The first kappa shape index (κ1) is 15.2. The molecule has 0 aromatic carbocycles. The third-order valence-electron chi connectivity index (χ3n) is 2.07. The Kier molecular flexibility index (Phi) is 8.51. The van der Waals surface area contributed by atoms with Gasteiger partial charge in [0.05, 0.1) is 8.31 Å². The van der Waals surface area contributed by atoms with Gasteiger partial charge in [0, 0.05) is 6.61 Å². The summed E-state index contributed by atoms with van der Waals surface area (Å²) in [6, 6.07) is 1.14. The van der Waals surface area contributed by atoms with Gasteiger partial charge in [-0.05, 0) is 19.5 Å². The minimum Gasteiger partial charge on any atom is -0.561 e. The van der Waals surface area contributed by atoms with E-state index in [9.17, 15) is 8.92 Å². The molecule has 0 N–H and O–H groups in total. The summed E-state index contributed by atoms with van der Waals surface area (Å²) < 4.78 is 31.6. The third kappa shape index (κ3) is 9.17. The highest BCUT2D eigenvalue weighted by atomic mass is 29.2. The molecule has 4 nitrogen and oxygen atoms in total. The van der Waals surface area contributed by atoms with Gasteiger partial charge in [0.15, 0.2) is 0 Å². The second kappa shape index (κ2) is 8.39. The van der Waals surface area contributed by atoms with Crippen LogP contribution in [0.15, 0.2) is 0 Å². The molecule has 0 aromatic rings. The largest absolute Gasteiger partial charge is 0.561 e. The van der Waals surface area contributed by atoms with Gasteiger partial charge in [0.2, 0.25) is 8.92 Å². The van der Waals surface area contributed by atoms with E-state index in [0.29, 0.717) is 6.61 Å². The van der Waals surface area contributed by atoms with Crippen LogP contribution in [-0.2, 0) is 17.5 Å². The lowest BCUT2D eigenvalue weighted by molar-refractivity contribution is 0.242. The second-order valence-corrected chi connectivity index (χ2v) is 15.3. The minimum atomic E-state index is -2.11. The van der Waals surface area contributed by atoms with E-state index in [2.05, 4.69) is 6.55 Å². The van der Waals surface area contributed by atoms with Crippen molar-refractivity contribution in [3.8, 4) is 0 Å². The molecule has 0 rings (SSSR count). The first-order valence-electron chi connectivity index (χ1n) is 5.22. The van der Waals surface area contributed by atoms with Crippen molar-refractivity contribution in [2.75, 3.05) is 6.61 Å². The zero-order valence-electron chi connectivity index (χ0n) is 9.69. The van der Waals surface area contributed by atoms with Crippen LogP contribution < -0.4 is 0 Å². The van der Waals surface area contributed by atoms with Crippen LogP contribution in [0.1, 0.15) is 12.8 Å². The fraction of sp³-hybridized carbons (Fsp3) is 1.00. The van der Waals surface area contributed by atoms with E-state index in [-0.39, 0.29) is 0 Å². The lowest BCUT2D eigenvalue weighted by Gasteiger charge is -2.20. The van der Waals surface area contributed by atoms with Crippen molar-refractivity contribution in [2.45, 2.75) is 38.5 Å². The summed E-state index contributed by atoms with van der Waals surface area (Å²) in [7, 11) is -4.65. The van der Waals surface area contributed by atoms with E-state index in [4.69, 9.17) is 8.54 Å². The molecule has 0 aromatic heterocycles. The van der Waals surface area contributed by atoms with Gasteiger partial charge < -0.3 is 17.5 Å². The standard InChI is InChI=1S/C7H20O4Si4/c1-14(13-9)7-5-4-6-10-15(2,3)11-12-8/h12-14H,4-7H2,1-3H3. The smallest absolute Gasteiger partial charge is 0.474 e. The van der Waals surface area contributed by atoms with Crippen LogP contribution in [0, 0.1) is 0 Å². The molecule has 0 bridgehead atoms. The summed E-state index contributed by atoms with van der Waals surface area (Å²) in [5.41, 5.74) is 0. The SMILES string of the molecule is C[SiH](CCCCO[Si](C)(C)O[SiH]=O)[SiH]=O. The predicted octanol–water partition coefficient (Wildman–Crippen LogP) is 0.334. The average molecular weight is 281 g/mol. The van der Waals surface area contributed by atoms with Crippen molar-refractivity contribution in [3.63, 3.8) is 0 Å². The Hall–Kier alpha value is 0.228. The molecule has 8 heteroatoms. The molecule has 1 unspecified atom stereocenters. The van der Waals surface area contributed by atoms with Crippen molar-refractivity contribution < 1.29 is 17.5 Å². The summed E-state index contributed by atoms with van der Waals surface area (Å²) in [5.74, 6) is 0. The topological polar surface area (TPSA) is 52.6 Å². The van der Waals surface area contributed by atoms with Gasteiger partial charge in [-0.25, -0.2) is 0 Å². The van der Waals surface area contributed by atoms with E-state index in [1.54, 1.807) is 0 Å². The number of hydrogen-bond acceptors (Lipinski definition) is 4. The molecule has 0 aliphatic rings. The lowest BCUT2D eigenvalue weighted by atomic mass is 10.4. The first-order chi connectivity index (χ1) is 7.02. The van der Waals surface area contributed by atoms with E-state index in [1.165, 1.54) is 0 Å². The maximum absolute atomic E-state index is 10.6. The zero-order valence-corrected chi connectivity index (χ0v) is 14.2. The molecule has 0 saturated heterocycles. The molecule has 1 atom stereocenters. The van der Waals surface area contributed by atoms with Gasteiger partial charge in [-0.3, -0.25) is 0 Å². The summed E-state index contributed by atoms with van der Waals surface area (Å²) in [6.45, 7) is 6.62. The summed E-state index contributed by atoms with van der Waals surface area (Å²) >= 11 is 0. The highest BCUT2D eigenvalue weighted by molar-refractivity contribution is 7.05. The van der Waals surface area contributed by atoms with Crippen molar-refractivity contribution in [2.24, 2.45) is 0 Å². The van der Waals surface area contributed by atoms with E-state index in [1.807, 2.05) is 13.1 Å². The quantitative estimate of drug-likeness (QED) is 0.451. The summed E-state index contributed by atoms with van der Waals surface area (Å²) in [6.07, 6.45) is 2.09. The van der Waals surface area contributed by atoms with Crippen LogP contribution in [0.4, 0.5) is 0 Å². The van der Waals surface area contributed by atoms with Crippen LogP contribution in [0.3, 0.4) is 0 Å². The molecular formula is C7H20O4Si4. The Bertz CT molecular complexity index is 199. The molecule has 0 heterocycles. The lowest BCUT2D eigenvalue weighted by Crippen LogP contribution is -2.35. The number of unbranched alkanes of at least 4 members (excludes halogenated alkanes) is 1. The van der Waals surface area contributed by atoms with Gasteiger partial charge in [-0.1, -0.05) is 19.0 Å². The van der Waals surface area contributed by atoms with Crippen LogP contribution in [-0.4, -0.2) is 42.1 Å². The monoisotopic (exact) mass is 280 g/mol. The van der Waals surface area contributed by atoms with E-state index >= 15 is 0 Å². The van der Waals surface area contributed by atoms with Gasteiger partial charge in [0.1, 0.15) is 0 Å². The maximum atomic E-state index is 10.6. The van der Waals surface area contributed by atoms with Crippen LogP contribution in [0.2, 0.25) is 25.7 Å². The highest BCUT2D eigenvalue weighted by Crippen LogP contribution is 2.07. The van der Waals surface area contributed by atoms with Gasteiger partial charge in [0.25, 0.3) is 0 Å². The number of rotatable bonds is 9. The first-order valence-corrected chi connectivity index (χ1v) is 14.1. The number of hydrogen-bond donors (Lipinski definition) is 0. The van der Waals surface area contributed by atoms with E-state index in [0.717, 1.165) is 18.9 Å². The average Bonchev–Trinajstić information content (AvgIpc) is 2.16. The molecule has 0 saturated carbocycles. The molecule has 0 fully saturated rings. The van der Waals surface area contributed by atoms with Gasteiger partial charge >= 0.3 is 18.2 Å². The van der Waals surface area contributed by atoms with Crippen molar-refractivity contribution in [1.29, 1.82) is 0 Å². The minimum absolute atomic E-state index is 0.505. The molecule has 0 aliphatic heterocycles. The van der Waals surface area contributed by atoms with Crippen LogP contribution in [0.25, 0.3) is 0 Å². The zero-order chi connectivity index (χ0) is 11.7. The Morgan fingerprint density at radius 2 is 1.93 bits per heavy atom. The fourth-order valence-corrected chi connectivity index (χ4v) is 5.12. The molecule has 15 heavy (non-hydrogen) atoms. The van der Waals surface area contributed by atoms with Crippen LogP contribution in [0.5, 0.6) is 0 Å². The molecule has 88 valence electrons. The predicted molar refractivity (Wildman–Crippen MR) is 67.2 cm³/mol. The summed E-state index contributed by atoms with van der Waals surface area (Å²) in [5, 5.41) is 0. The van der Waals surface area contributed by atoms with E-state index < -0.39 is 35.4 Å². The maximum Gasteiger partial charge on any atom is 0.474 e. The van der Waals surface area contributed by atoms with Crippen molar-refractivity contribution in [3.05, 3.63) is 0 Å². The Labute approximate surface area is 98.3 Å². The molecule has 0 radical (unpaired) electrons. The summed E-state index contributed by atoms with van der Waals surface area (Å²) in [4.78, 5) is 0. The molecular weight excluding hydrogens is 260 g/mol. The molecule has 0 aliphatic carbocycles. The van der Waals surface area contributed by atoms with Crippen molar-refractivity contribution in [1.82, 2.24) is 0 Å². The second-order valence-electron chi connectivity index (χ2n) is 4.07. The Balaban J connectivity index is 3.45. The molecule has 0 amide bonds. The van der Waals surface area contributed by atoms with Gasteiger partial charge in [-0.15, -0.1) is 0 Å². The Morgan fingerprint density at radius 1 is 1.27 bits per heavy atom. The fourth-order valence-electron chi connectivity index (χ4n) is 1.10. The van der Waals surface area contributed by atoms with Crippen LogP contribution >= 0.6 is 0 Å². The molecule has 0 spiro atoms. The van der Waals surface area contributed by atoms with Crippen molar-refractivity contribution >= 4 is 35.4 Å². The van der Waals surface area contributed by atoms with Gasteiger partial charge in [-0.2, -0.15) is 0 Å². The normalized spacial score (nSPS) is 13.3.